The van der Waals surface area contributed by atoms with Crippen LogP contribution in [-0.2, 0) is 4.79 Å². The van der Waals surface area contributed by atoms with Gasteiger partial charge in [-0.05, 0) is 12.1 Å². The fraction of sp³-hybridized carbons (Fsp3) is 0.312. The zero-order valence-corrected chi connectivity index (χ0v) is 14.7. The number of aromatic nitrogens is 4. The molecular weight excluding hydrogens is 352 g/mol. The van der Waals surface area contributed by atoms with Crippen LogP contribution < -0.4 is 10.2 Å². The van der Waals surface area contributed by atoms with Crippen molar-refractivity contribution in [2.75, 3.05) is 42.9 Å². The second-order valence-electron chi connectivity index (χ2n) is 5.88. The van der Waals surface area contributed by atoms with Gasteiger partial charge in [-0.15, -0.1) is 10.2 Å². The van der Waals surface area contributed by atoms with Crippen molar-refractivity contribution >= 4 is 33.8 Å². The minimum Gasteiger partial charge on any atom is -0.352 e. The Kier molecular flexibility index (Phi) is 4.47. The second kappa shape index (κ2) is 7.07. The van der Waals surface area contributed by atoms with Gasteiger partial charge in [-0.2, -0.15) is 5.26 Å². The molecule has 0 atom stereocenters. The Hall–Kier alpha value is -3.03. The van der Waals surface area contributed by atoms with Gasteiger partial charge in [0.05, 0.1) is 6.54 Å². The lowest BCUT2D eigenvalue weighted by Crippen LogP contribution is -2.49. The van der Waals surface area contributed by atoms with Gasteiger partial charge < -0.3 is 4.90 Å². The molecule has 132 valence electrons. The summed E-state index contributed by atoms with van der Waals surface area (Å²) in [7, 11) is 0. The van der Waals surface area contributed by atoms with E-state index in [0.717, 1.165) is 18.7 Å². The molecule has 3 aromatic rings. The third-order valence-electron chi connectivity index (χ3n) is 4.26. The summed E-state index contributed by atoms with van der Waals surface area (Å²) in [6.45, 7) is 3.18. The summed E-state index contributed by atoms with van der Waals surface area (Å²) < 4.78 is 1.80. The fourth-order valence-electron chi connectivity index (χ4n) is 3.02. The van der Waals surface area contributed by atoms with Gasteiger partial charge in [0.25, 0.3) is 0 Å². The number of hydrogen-bond acceptors (Lipinski definition) is 8. The van der Waals surface area contributed by atoms with Gasteiger partial charge in [0.2, 0.25) is 11.0 Å². The third kappa shape index (κ3) is 3.22. The molecule has 1 aliphatic heterocycles. The Labute approximate surface area is 153 Å². The Balaban J connectivity index is 1.39. The Morgan fingerprint density at radius 2 is 2.15 bits per heavy atom. The summed E-state index contributed by atoms with van der Waals surface area (Å²) in [5.41, 5.74) is 2.89. The van der Waals surface area contributed by atoms with Gasteiger partial charge in [0, 0.05) is 32.4 Å². The average Bonchev–Trinajstić information content (AvgIpc) is 3.29. The van der Waals surface area contributed by atoms with Crippen LogP contribution in [0.3, 0.4) is 0 Å². The van der Waals surface area contributed by atoms with Crippen molar-refractivity contribution < 1.29 is 4.79 Å². The van der Waals surface area contributed by atoms with E-state index in [1.54, 1.807) is 9.91 Å². The number of carbonyl (C=O) groups excluding carboxylic acids is 1. The predicted molar refractivity (Wildman–Crippen MR) is 97.1 cm³/mol. The molecule has 1 amide bonds. The van der Waals surface area contributed by atoms with E-state index >= 15 is 0 Å². The summed E-state index contributed by atoms with van der Waals surface area (Å²) in [6.07, 6.45) is 1.85. The van der Waals surface area contributed by atoms with Crippen molar-refractivity contribution in [3.05, 3.63) is 35.6 Å². The van der Waals surface area contributed by atoms with Crippen molar-refractivity contribution in [1.82, 2.24) is 24.5 Å². The smallest absolute Gasteiger partial charge is 0.240 e. The number of nitrogens with one attached hydrogen (secondary N) is 1. The predicted octanol–water partition coefficient (Wildman–Crippen LogP) is 0.818. The fourth-order valence-corrected chi connectivity index (χ4v) is 3.48. The van der Waals surface area contributed by atoms with Crippen LogP contribution >= 0.6 is 11.3 Å². The number of amides is 1. The molecule has 0 radical (unpaired) electrons. The molecule has 1 saturated heterocycles. The lowest BCUT2D eigenvalue weighted by atomic mass is 10.3. The summed E-state index contributed by atoms with van der Waals surface area (Å²) in [6, 6.07) is 7.93. The van der Waals surface area contributed by atoms with Crippen molar-refractivity contribution in [2.24, 2.45) is 0 Å². The number of anilines is 2. The van der Waals surface area contributed by atoms with E-state index in [1.165, 1.54) is 11.3 Å². The molecule has 0 spiro atoms. The maximum absolute atomic E-state index is 12.1. The van der Waals surface area contributed by atoms with Crippen LogP contribution in [-0.4, -0.2) is 63.1 Å². The van der Waals surface area contributed by atoms with Gasteiger partial charge in [0.1, 0.15) is 17.2 Å². The van der Waals surface area contributed by atoms with E-state index in [0.29, 0.717) is 36.3 Å². The normalized spacial score (nSPS) is 15.1. The number of nitriles is 1. The van der Waals surface area contributed by atoms with E-state index < -0.39 is 0 Å². The van der Waals surface area contributed by atoms with Crippen LogP contribution in [0.25, 0.3) is 5.65 Å². The standard InChI is InChI=1S/C16H16N8OS/c17-9-12-15(19-13-3-1-2-4-24(12)13)23-7-5-22(6-8-23)10-14(25)20-16-21-18-11-26-16/h1-4,11H,5-8,10H2,(H,20,21,25). The first-order chi connectivity index (χ1) is 12.7. The molecule has 10 heteroatoms. The maximum Gasteiger partial charge on any atom is 0.240 e. The van der Waals surface area contributed by atoms with Crippen LogP contribution in [0.2, 0.25) is 0 Å². The first-order valence-corrected chi connectivity index (χ1v) is 9.03. The number of fused-ring (bicyclic) bond motifs is 1. The van der Waals surface area contributed by atoms with Crippen LogP contribution in [0.4, 0.5) is 10.9 Å². The topological polar surface area (TPSA) is 102 Å². The Bertz CT molecular complexity index is 952. The summed E-state index contributed by atoms with van der Waals surface area (Å²) in [4.78, 5) is 20.8. The molecule has 4 heterocycles. The molecule has 0 bridgehead atoms. The Morgan fingerprint density at radius 3 is 2.88 bits per heavy atom. The van der Waals surface area contributed by atoms with Crippen molar-refractivity contribution in [2.45, 2.75) is 0 Å². The molecule has 3 aromatic heterocycles. The van der Waals surface area contributed by atoms with Crippen LogP contribution in [0.1, 0.15) is 5.69 Å². The minimum absolute atomic E-state index is 0.0966. The maximum atomic E-state index is 12.1. The summed E-state index contributed by atoms with van der Waals surface area (Å²) >= 11 is 1.29. The quantitative estimate of drug-likeness (QED) is 0.727. The highest BCUT2D eigenvalue weighted by molar-refractivity contribution is 7.13. The molecule has 0 saturated carbocycles. The highest BCUT2D eigenvalue weighted by atomic mass is 32.1. The zero-order chi connectivity index (χ0) is 17.9. The van der Waals surface area contributed by atoms with E-state index in [1.807, 2.05) is 24.4 Å². The molecule has 9 nitrogen and oxygen atoms in total. The summed E-state index contributed by atoms with van der Waals surface area (Å²) in [5.74, 6) is 0.609. The molecule has 1 aliphatic rings. The minimum atomic E-state index is -0.0966. The number of pyridine rings is 1. The molecule has 4 rings (SSSR count). The van der Waals surface area contributed by atoms with Gasteiger partial charge in [0.15, 0.2) is 11.5 Å². The molecule has 26 heavy (non-hydrogen) atoms. The van der Waals surface area contributed by atoms with Crippen molar-refractivity contribution in [3.8, 4) is 6.07 Å². The van der Waals surface area contributed by atoms with E-state index in [-0.39, 0.29) is 5.91 Å². The number of nitrogens with zero attached hydrogens (tertiary/aromatic N) is 7. The first-order valence-electron chi connectivity index (χ1n) is 8.15. The van der Waals surface area contributed by atoms with Crippen LogP contribution in [0.5, 0.6) is 0 Å². The largest absolute Gasteiger partial charge is 0.352 e. The molecular formula is C16H16N8OS. The van der Waals surface area contributed by atoms with Crippen LogP contribution in [0, 0.1) is 11.3 Å². The molecule has 0 unspecified atom stereocenters. The number of imidazole rings is 1. The van der Waals surface area contributed by atoms with E-state index in [2.05, 4.69) is 36.4 Å². The zero-order valence-electron chi connectivity index (χ0n) is 13.9. The number of rotatable bonds is 4. The Morgan fingerprint density at radius 1 is 1.31 bits per heavy atom. The summed E-state index contributed by atoms with van der Waals surface area (Å²) in [5, 5.41) is 20.3. The lowest BCUT2D eigenvalue weighted by molar-refractivity contribution is -0.117. The highest BCUT2D eigenvalue weighted by Gasteiger charge is 2.24. The van der Waals surface area contributed by atoms with Gasteiger partial charge in [-0.25, -0.2) is 4.98 Å². The highest BCUT2D eigenvalue weighted by Crippen LogP contribution is 2.22. The van der Waals surface area contributed by atoms with Gasteiger partial charge in [-0.1, -0.05) is 17.4 Å². The SMILES string of the molecule is N#Cc1c(N2CCN(CC(=O)Nc3nncs3)CC2)nc2ccccn12. The number of piperazine rings is 1. The van der Waals surface area contributed by atoms with Crippen molar-refractivity contribution in [1.29, 1.82) is 5.26 Å². The number of hydrogen-bond donors (Lipinski definition) is 1. The van der Waals surface area contributed by atoms with E-state index in [9.17, 15) is 10.1 Å². The van der Waals surface area contributed by atoms with Gasteiger partial charge in [-0.3, -0.25) is 19.4 Å². The van der Waals surface area contributed by atoms with Crippen molar-refractivity contribution in [3.63, 3.8) is 0 Å². The monoisotopic (exact) mass is 368 g/mol. The molecule has 0 aliphatic carbocycles. The van der Waals surface area contributed by atoms with E-state index in [4.69, 9.17) is 0 Å². The van der Waals surface area contributed by atoms with Crippen LogP contribution in [0.15, 0.2) is 29.9 Å². The molecule has 1 fully saturated rings. The number of carbonyl (C=O) groups is 1. The molecule has 0 aromatic carbocycles. The molecule has 1 N–H and O–H groups in total. The third-order valence-corrected chi connectivity index (χ3v) is 4.87. The first kappa shape index (κ1) is 16.4. The second-order valence-corrected chi connectivity index (χ2v) is 6.71. The van der Waals surface area contributed by atoms with Gasteiger partial charge >= 0.3 is 0 Å². The lowest BCUT2D eigenvalue weighted by Gasteiger charge is -2.34. The average molecular weight is 368 g/mol.